The molecule has 196 valence electrons. The van der Waals surface area contributed by atoms with Crippen molar-refractivity contribution >= 4 is 57.3 Å². The molecule has 0 atom stereocenters. The van der Waals surface area contributed by atoms with Crippen LogP contribution < -0.4 is 14.2 Å². The number of carbonyl (C=O) groups excluding carboxylic acids is 3. The van der Waals surface area contributed by atoms with Crippen molar-refractivity contribution in [2.75, 3.05) is 14.2 Å². The molecule has 0 saturated carbocycles. The van der Waals surface area contributed by atoms with Crippen molar-refractivity contribution < 1.29 is 28.6 Å². The van der Waals surface area contributed by atoms with E-state index in [-0.39, 0.29) is 33.2 Å². The minimum Gasteiger partial charge on any atom is -0.497 e. The number of hydrogen-bond acceptors (Lipinski definition) is 7. The maximum absolute atomic E-state index is 13.2. The van der Waals surface area contributed by atoms with E-state index < -0.39 is 11.9 Å². The number of imide groups is 1. The van der Waals surface area contributed by atoms with Crippen LogP contribution in [0.3, 0.4) is 0 Å². The maximum Gasteiger partial charge on any atom is 0.343 e. The zero-order valence-electron chi connectivity index (χ0n) is 21.0. The highest BCUT2D eigenvalue weighted by molar-refractivity contribution is 8.18. The third-order valence-electron chi connectivity index (χ3n) is 6.15. The molecule has 1 aliphatic heterocycles. The first-order chi connectivity index (χ1) is 18.9. The lowest BCUT2D eigenvalue weighted by molar-refractivity contribution is -0.123. The van der Waals surface area contributed by atoms with E-state index in [0.717, 1.165) is 28.1 Å². The first-order valence-electron chi connectivity index (χ1n) is 11.8. The number of ether oxygens (including phenoxy) is 3. The summed E-state index contributed by atoms with van der Waals surface area (Å²) in [5, 5.41) is 1.77. The zero-order valence-corrected chi connectivity index (χ0v) is 22.5. The fourth-order valence-electron chi connectivity index (χ4n) is 4.19. The molecule has 0 bridgehead atoms. The molecular formula is C30H22ClNO6S. The van der Waals surface area contributed by atoms with Gasteiger partial charge in [0.1, 0.15) is 5.75 Å². The Bertz CT molecular complexity index is 1630. The van der Waals surface area contributed by atoms with Crippen molar-refractivity contribution in [1.82, 2.24) is 4.90 Å². The first-order valence-corrected chi connectivity index (χ1v) is 13.0. The lowest BCUT2D eigenvalue weighted by atomic mass is 10.0. The molecule has 0 N–H and O–H groups in total. The summed E-state index contributed by atoms with van der Waals surface area (Å²) >= 11 is 7.31. The van der Waals surface area contributed by atoms with E-state index in [1.54, 1.807) is 42.5 Å². The number of thioether (sulfide) groups is 1. The molecule has 4 aromatic carbocycles. The molecule has 0 aliphatic carbocycles. The Kier molecular flexibility index (Phi) is 7.58. The second kappa shape index (κ2) is 11.2. The summed E-state index contributed by atoms with van der Waals surface area (Å²) in [6.07, 6.45) is 1.57. The summed E-state index contributed by atoms with van der Waals surface area (Å²) in [7, 11) is 2.95. The number of fused-ring (bicyclic) bond motifs is 1. The molecule has 0 spiro atoms. The lowest BCUT2D eigenvalue weighted by Crippen LogP contribution is -2.27. The molecule has 0 unspecified atom stereocenters. The van der Waals surface area contributed by atoms with Gasteiger partial charge < -0.3 is 14.2 Å². The molecule has 2 amide bonds. The molecule has 9 heteroatoms. The number of amides is 2. The van der Waals surface area contributed by atoms with E-state index in [9.17, 15) is 14.4 Å². The molecule has 1 heterocycles. The maximum atomic E-state index is 13.2. The molecule has 5 rings (SSSR count). The average molecular weight is 560 g/mol. The van der Waals surface area contributed by atoms with Gasteiger partial charge in [-0.1, -0.05) is 54.1 Å². The van der Waals surface area contributed by atoms with E-state index >= 15 is 0 Å². The predicted octanol–water partition coefficient (Wildman–Crippen LogP) is 6.97. The van der Waals surface area contributed by atoms with Gasteiger partial charge >= 0.3 is 5.97 Å². The normalized spacial score (nSPS) is 14.2. The Labute approximate surface area is 233 Å². The Morgan fingerprint density at radius 2 is 1.69 bits per heavy atom. The number of hydrogen-bond donors (Lipinski definition) is 0. The minimum atomic E-state index is -0.625. The zero-order chi connectivity index (χ0) is 27.5. The number of nitrogens with zero attached hydrogens (tertiary/aromatic N) is 1. The van der Waals surface area contributed by atoms with Crippen molar-refractivity contribution in [3.05, 3.63) is 105 Å². The first kappa shape index (κ1) is 26.3. The van der Waals surface area contributed by atoms with Gasteiger partial charge in [0.2, 0.25) is 0 Å². The number of rotatable bonds is 7. The van der Waals surface area contributed by atoms with Crippen molar-refractivity contribution in [1.29, 1.82) is 0 Å². The Balaban J connectivity index is 1.37. The van der Waals surface area contributed by atoms with Crippen LogP contribution in [0.5, 0.6) is 17.2 Å². The monoisotopic (exact) mass is 559 g/mol. The third kappa shape index (κ3) is 5.48. The minimum absolute atomic E-state index is 0.0428. The van der Waals surface area contributed by atoms with Crippen molar-refractivity contribution in [3.63, 3.8) is 0 Å². The average Bonchev–Trinajstić information content (AvgIpc) is 3.21. The second-order valence-corrected chi connectivity index (χ2v) is 9.96. The molecule has 0 radical (unpaired) electrons. The smallest absolute Gasteiger partial charge is 0.343 e. The molecule has 39 heavy (non-hydrogen) atoms. The molecular weight excluding hydrogens is 538 g/mol. The van der Waals surface area contributed by atoms with Crippen molar-refractivity contribution in [2.24, 2.45) is 0 Å². The van der Waals surface area contributed by atoms with Gasteiger partial charge in [-0.05, 0) is 76.1 Å². The molecule has 1 saturated heterocycles. The summed E-state index contributed by atoms with van der Waals surface area (Å²) in [6.45, 7) is 0.160. The van der Waals surface area contributed by atoms with Crippen molar-refractivity contribution in [2.45, 2.75) is 6.54 Å². The summed E-state index contributed by atoms with van der Waals surface area (Å²) in [4.78, 5) is 40.1. The standard InChI is InChI=1S/C30H22ClNO6S/c1-36-22-12-10-20(11-13-22)29(34)38-27-24(31)14-18(15-25(27)37-2)16-26-28(33)32(30(35)39-26)17-21-8-5-7-19-6-3-4-9-23(19)21/h3-16H,17H2,1-2H3/b26-16-. The largest absolute Gasteiger partial charge is 0.497 e. The molecule has 7 nitrogen and oxygen atoms in total. The summed E-state index contributed by atoms with van der Waals surface area (Å²) in [5.41, 5.74) is 1.69. The van der Waals surface area contributed by atoms with Crippen LogP contribution in [0, 0.1) is 0 Å². The van der Waals surface area contributed by atoms with Crippen molar-refractivity contribution in [3.8, 4) is 17.2 Å². The molecule has 4 aromatic rings. The van der Waals surface area contributed by atoms with E-state index in [1.165, 1.54) is 19.1 Å². The molecule has 0 aromatic heterocycles. The van der Waals surface area contributed by atoms with Crippen LogP contribution in [0.4, 0.5) is 4.79 Å². The van der Waals surface area contributed by atoms with E-state index in [1.807, 2.05) is 42.5 Å². The summed E-state index contributed by atoms with van der Waals surface area (Å²) < 4.78 is 16.0. The SMILES string of the molecule is COc1ccc(C(=O)Oc2c(Cl)cc(/C=C3\SC(=O)N(Cc4cccc5ccccc45)C3=O)cc2OC)cc1. The fraction of sp³-hybridized carbons (Fsp3) is 0.100. The molecule has 1 fully saturated rings. The molecule has 1 aliphatic rings. The predicted molar refractivity (Wildman–Crippen MR) is 151 cm³/mol. The third-order valence-corrected chi connectivity index (χ3v) is 7.34. The van der Waals surface area contributed by atoms with Gasteiger partial charge in [0.15, 0.2) is 11.5 Å². The quantitative estimate of drug-likeness (QED) is 0.137. The summed E-state index contributed by atoms with van der Waals surface area (Å²) in [5.74, 6) is -0.178. The Morgan fingerprint density at radius 3 is 2.44 bits per heavy atom. The van der Waals surface area contributed by atoms with Crippen LogP contribution in [0.25, 0.3) is 16.8 Å². The highest BCUT2D eigenvalue weighted by Gasteiger charge is 2.35. The van der Waals surface area contributed by atoms with Gasteiger partial charge in [0, 0.05) is 0 Å². The Hall–Kier alpha value is -4.27. The van der Waals surface area contributed by atoms with Crippen LogP contribution in [-0.2, 0) is 11.3 Å². The second-order valence-electron chi connectivity index (χ2n) is 8.56. The van der Waals surface area contributed by atoms with E-state index in [2.05, 4.69) is 0 Å². The van der Waals surface area contributed by atoms with E-state index in [0.29, 0.717) is 16.9 Å². The van der Waals surface area contributed by atoms with Gasteiger partial charge in [0.25, 0.3) is 11.1 Å². The number of halogens is 1. The van der Waals surface area contributed by atoms with E-state index in [4.69, 9.17) is 25.8 Å². The van der Waals surface area contributed by atoms with Crippen LogP contribution in [0.2, 0.25) is 5.02 Å². The van der Waals surface area contributed by atoms with Gasteiger partial charge in [-0.3, -0.25) is 14.5 Å². The van der Waals surface area contributed by atoms with Crippen LogP contribution in [-0.4, -0.2) is 36.2 Å². The highest BCUT2D eigenvalue weighted by atomic mass is 35.5. The topological polar surface area (TPSA) is 82.1 Å². The van der Waals surface area contributed by atoms with Gasteiger partial charge in [-0.25, -0.2) is 4.79 Å². The van der Waals surface area contributed by atoms with Gasteiger partial charge in [-0.2, -0.15) is 0 Å². The van der Waals surface area contributed by atoms with Crippen LogP contribution >= 0.6 is 23.4 Å². The lowest BCUT2D eigenvalue weighted by Gasteiger charge is -2.14. The summed E-state index contributed by atoms with van der Waals surface area (Å²) in [6, 6.07) is 23.2. The number of esters is 1. The Morgan fingerprint density at radius 1 is 0.949 bits per heavy atom. The van der Waals surface area contributed by atoms with Crippen LogP contribution in [0.15, 0.2) is 83.8 Å². The number of methoxy groups -OCH3 is 2. The fourth-order valence-corrected chi connectivity index (χ4v) is 5.29. The van der Waals surface area contributed by atoms with Crippen LogP contribution in [0.1, 0.15) is 21.5 Å². The van der Waals surface area contributed by atoms with Gasteiger partial charge in [0.05, 0.1) is 36.3 Å². The number of carbonyl (C=O) groups is 3. The number of benzene rings is 4. The highest BCUT2D eigenvalue weighted by Crippen LogP contribution is 2.40. The van der Waals surface area contributed by atoms with Gasteiger partial charge in [-0.15, -0.1) is 0 Å².